The van der Waals surface area contributed by atoms with Crippen LogP contribution in [0.4, 0.5) is 17.1 Å². The second-order valence-electron chi connectivity index (χ2n) is 14.9. The van der Waals surface area contributed by atoms with E-state index < -0.39 is 0 Å². The van der Waals surface area contributed by atoms with E-state index in [2.05, 4.69) is 241 Å². The van der Waals surface area contributed by atoms with Crippen molar-refractivity contribution in [2.24, 2.45) is 0 Å². The maximum Gasteiger partial charge on any atom is 0.0491 e. The molecule has 9 aromatic carbocycles. The molecule has 2 nitrogen and oxygen atoms in total. The van der Waals surface area contributed by atoms with Gasteiger partial charge in [-0.25, -0.2) is 0 Å². The van der Waals surface area contributed by atoms with E-state index in [1.807, 2.05) is 0 Å². The van der Waals surface area contributed by atoms with Crippen molar-refractivity contribution in [1.29, 1.82) is 0 Å². The average molecular weight is 743 g/mol. The van der Waals surface area contributed by atoms with Crippen LogP contribution in [0.5, 0.6) is 0 Å². The Morgan fingerprint density at radius 1 is 0.293 bits per heavy atom. The van der Waals surface area contributed by atoms with Gasteiger partial charge in [-0.05, 0) is 117 Å². The second kappa shape index (κ2) is 15.3. The smallest absolute Gasteiger partial charge is 0.0491 e. The fourth-order valence-corrected chi connectivity index (χ4v) is 8.40. The van der Waals surface area contributed by atoms with Gasteiger partial charge in [-0.1, -0.05) is 170 Å². The number of para-hydroxylation sites is 2. The molecule has 0 atom stereocenters. The number of fused-ring (bicyclic) bond motifs is 3. The van der Waals surface area contributed by atoms with Gasteiger partial charge >= 0.3 is 0 Å². The van der Waals surface area contributed by atoms with E-state index in [1.165, 1.54) is 77.4 Å². The van der Waals surface area contributed by atoms with Gasteiger partial charge in [0.15, 0.2) is 0 Å². The van der Waals surface area contributed by atoms with E-state index in [4.69, 9.17) is 0 Å². The number of rotatable bonds is 9. The Morgan fingerprint density at radius 2 is 0.621 bits per heavy atom. The molecule has 0 saturated heterocycles. The first-order chi connectivity index (χ1) is 28.7. The number of aryl methyl sites for hydroxylation is 1. The number of anilines is 3. The van der Waals surface area contributed by atoms with Crippen molar-refractivity contribution in [3.05, 3.63) is 224 Å². The van der Waals surface area contributed by atoms with E-state index >= 15 is 0 Å². The summed E-state index contributed by atoms with van der Waals surface area (Å²) in [7, 11) is 0. The van der Waals surface area contributed by atoms with Gasteiger partial charge in [0.05, 0.1) is 0 Å². The first-order valence-corrected chi connectivity index (χ1v) is 20.1. The van der Waals surface area contributed by atoms with Crippen molar-refractivity contribution in [3.63, 3.8) is 0 Å². The van der Waals surface area contributed by atoms with Crippen molar-refractivity contribution in [2.45, 2.75) is 13.5 Å². The van der Waals surface area contributed by atoms with Gasteiger partial charge in [0, 0.05) is 45.4 Å². The standard InChI is InChI=1S/C56H42N2/c1-2-57-55-16-10-9-15-53(55)54-39-49(33-38-56(54)57)48-27-25-44(26-28-48)43-19-17-41(18-20-43)42-21-23-45(24-22-42)47-31-36-52(37-32-47)58(50-13-7-4-8-14-50)51-34-29-46(30-35-51)40-11-5-3-6-12-40/h3-39H,2H2,1H3. The lowest BCUT2D eigenvalue weighted by atomic mass is 9.96. The van der Waals surface area contributed by atoms with Gasteiger partial charge in [-0.15, -0.1) is 0 Å². The topological polar surface area (TPSA) is 8.17 Å². The van der Waals surface area contributed by atoms with Gasteiger partial charge in [-0.3, -0.25) is 0 Å². The summed E-state index contributed by atoms with van der Waals surface area (Å²) in [6, 6.07) is 81.2. The molecule has 58 heavy (non-hydrogen) atoms. The normalized spacial score (nSPS) is 11.3. The summed E-state index contributed by atoms with van der Waals surface area (Å²) >= 11 is 0. The van der Waals surface area contributed by atoms with Crippen molar-refractivity contribution < 1.29 is 0 Å². The predicted molar refractivity (Wildman–Crippen MR) is 247 cm³/mol. The summed E-state index contributed by atoms with van der Waals surface area (Å²) in [5.41, 5.74) is 18.1. The van der Waals surface area contributed by atoms with Crippen LogP contribution >= 0.6 is 0 Å². The lowest BCUT2D eigenvalue weighted by Crippen LogP contribution is -2.09. The highest BCUT2D eigenvalue weighted by atomic mass is 15.1. The number of nitrogens with zero attached hydrogens (tertiary/aromatic N) is 2. The van der Waals surface area contributed by atoms with Crippen LogP contribution in [0.3, 0.4) is 0 Å². The van der Waals surface area contributed by atoms with E-state index in [9.17, 15) is 0 Å². The third-order valence-corrected chi connectivity index (χ3v) is 11.4. The minimum absolute atomic E-state index is 0.957. The quantitative estimate of drug-likeness (QED) is 0.143. The molecule has 10 aromatic rings. The molecule has 0 amide bonds. The third kappa shape index (κ3) is 6.65. The zero-order valence-electron chi connectivity index (χ0n) is 32.5. The molecule has 0 spiro atoms. The fraction of sp³-hybridized carbons (Fsp3) is 0.0357. The van der Waals surface area contributed by atoms with Crippen molar-refractivity contribution in [2.75, 3.05) is 4.90 Å². The number of hydrogen-bond acceptors (Lipinski definition) is 1. The molecule has 2 heteroatoms. The molecular formula is C56H42N2. The average Bonchev–Trinajstić information content (AvgIpc) is 3.63. The summed E-state index contributed by atoms with van der Waals surface area (Å²) in [4.78, 5) is 2.31. The van der Waals surface area contributed by atoms with Crippen LogP contribution in [-0.4, -0.2) is 4.57 Å². The van der Waals surface area contributed by atoms with Gasteiger partial charge in [0.25, 0.3) is 0 Å². The number of benzene rings is 9. The van der Waals surface area contributed by atoms with Crippen molar-refractivity contribution in [3.8, 4) is 55.6 Å². The molecular weight excluding hydrogens is 701 g/mol. The minimum atomic E-state index is 0.957. The van der Waals surface area contributed by atoms with Crippen LogP contribution in [-0.2, 0) is 6.54 Å². The molecule has 0 bridgehead atoms. The Morgan fingerprint density at radius 3 is 1.09 bits per heavy atom. The molecule has 0 aliphatic carbocycles. The highest BCUT2D eigenvalue weighted by Crippen LogP contribution is 2.38. The van der Waals surface area contributed by atoms with Crippen LogP contribution < -0.4 is 4.90 Å². The zero-order chi connectivity index (χ0) is 38.8. The Balaban J connectivity index is 0.847. The molecule has 1 aromatic heterocycles. The van der Waals surface area contributed by atoms with E-state index in [0.717, 1.165) is 23.6 Å². The molecule has 276 valence electrons. The van der Waals surface area contributed by atoms with Crippen LogP contribution in [0.25, 0.3) is 77.4 Å². The summed E-state index contributed by atoms with van der Waals surface area (Å²) in [5.74, 6) is 0. The molecule has 0 N–H and O–H groups in total. The molecule has 0 fully saturated rings. The lowest BCUT2D eigenvalue weighted by Gasteiger charge is -2.26. The van der Waals surface area contributed by atoms with Crippen LogP contribution in [0.15, 0.2) is 224 Å². The first-order valence-electron chi connectivity index (χ1n) is 20.1. The Bertz CT molecular complexity index is 2960. The summed E-state index contributed by atoms with van der Waals surface area (Å²) in [6.07, 6.45) is 0. The minimum Gasteiger partial charge on any atom is -0.341 e. The number of hydrogen-bond donors (Lipinski definition) is 0. The lowest BCUT2D eigenvalue weighted by molar-refractivity contribution is 0.827. The van der Waals surface area contributed by atoms with Crippen LogP contribution in [0.1, 0.15) is 6.92 Å². The molecule has 0 aliphatic rings. The Kier molecular flexibility index (Phi) is 9.21. The van der Waals surface area contributed by atoms with Gasteiger partial charge in [0.2, 0.25) is 0 Å². The van der Waals surface area contributed by atoms with E-state index in [-0.39, 0.29) is 0 Å². The third-order valence-electron chi connectivity index (χ3n) is 11.4. The molecule has 0 unspecified atom stereocenters. The molecule has 0 aliphatic heterocycles. The maximum absolute atomic E-state index is 2.40. The highest BCUT2D eigenvalue weighted by molar-refractivity contribution is 6.09. The largest absolute Gasteiger partial charge is 0.341 e. The van der Waals surface area contributed by atoms with Gasteiger partial charge in [-0.2, -0.15) is 0 Å². The number of aromatic nitrogens is 1. The van der Waals surface area contributed by atoms with Crippen LogP contribution in [0, 0.1) is 0 Å². The molecule has 1 heterocycles. The molecule has 0 saturated carbocycles. The molecule has 10 rings (SSSR count). The monoisotopic (exact) mass is 742 g/mol. The second-order valence-corrected chi connectivity index (χ2v) is 14.9. The Hall–Kier alpha value is -7.42. The SMILES string of the molecule is CCn1c2ccccc2c2cc(-c3ccc(-c4ccc(-c5ccc(-c6ccc(N(c7ccccc7)c7ccc(-c8ccccc8)cc7)cc6)cc5)cc4)cc3)ccc21. The van der Waals surface area contributed by atoms with Crippen molar-refractivity contribution in [1.82, 2.24) is 4.57 Å². The highest BCUT2D eigenvalue weighted by Gasteiger charge is 2.14. The fourth-order valence-electron chi connectivity index (χ4n) is 8.40. The van der Waals surface area contributed by atoms with Gasteiger partial charge in [0.1, 0.15) is 0 Å². The summed E-state index contributed by atoms with van der Waals surface area (Å²) in [5, 5.41) is 2.63. The summed E-state index contributed by atoms with van der Waals surface area (Å²) in [6.45, 7) is 3.17. The zero-order valence-corrected chi connectivity index (χ0v) is 32.5. The maximum atomic E-state index is 2.40. The predicted octanol–water partition coefficient (Wildman–Crippen LogP) is 15.6. The Labute approximate surface area is 340 Å². The first kappa shape index (κ1) is 35.0. The van der Waals surface area contributed by atoms with Gasteiger partial charge < -0.3 is 9.47 Å². The summed E-state index contributed by atoms with van der Waals surface area (Å²) < 4.78 is 2.40. The van der Waals surface area contributed by atoms with E-state index in [0.29, 0.717) is 0 Å². The van der Waals surface area contributed by atoms with E-state index in [1.54, 1.807) is 0 Å². The van der Waals surface area contributed by atoms with Crippen molar-refractivity contribution >= 4 is 38.9 Å². The van der Waals surface area contributed by atoms with Crippen LogP contribution in [0.2, 0.25) is 0 Å². The molecule has 0 radical (unpaired) electrons.